The van der Waals surface area contributed by atoms with Crippen LogP contribution < -0.4 is 5.32 Å². The number of carbonyl (C=O) groups excluding carboxylic acids is 1. The molecule has 0 bridgehead atoms. The molecule has 2 rings (SSSR count). The fourth-order valence-electron chi connectivity index (χ4n) is 2.46. The summed E-state index contributed by atoms with van der Waals surface area (Å²) in [4.78, 5) is 11.7. The van der Waals surface area contributed by atoms with E-state index in [2.05, 4.69) is 11.9 Å². The van der Waals surface area contributed by atoms with Crippen LogP contribution in [0.2, 0.25) is 0 Å². The average molecular weight is 327 g/mol. The molecule has 1 amide bonds. The van der Waals surface area contributed by atoms with Crippen LogP contribution in [0.5, 0.6) is 0 Å². The van der Waals surface area contributed by atoms with Crippen molar-refractivity contribution < 1.29 is 14.3 Å². The number of amides is 1. The van der Waals surface area contributed by atoms with Crippen LogP contribution >= 0.6 is 0 Å². The van der Waals surface area contributed by atoms with Gasteiger partial charge in [0, 0.05) is 30.7 Å². The number of halogens is 1. The molecule has 0 atom stereocenters. The minimum absolute atomic E-state index is 0.0204. The van der Waals surface area contributed by atoms with E-state index in [-0.39, 0.29) is 18.3 Å². The van der Waals surface area contributed by atoms with Crippen LogP contribution in [0.1, 0.15) is 24.8 Å². The second-order valence-corrected chi connectivity index (χ2v) is 5.66. The lowest BCUT2D eigenvalue weighted by atomic mass is 10.0. The summed E-state index contributed by atoms with van der Waals surface area (Å²) in [6, 6.07) is 14.4. The van der Waals surface area contributed by atoms with Gasteiger partial charge in [-0.25, -0.2) is 4.39 Å². The molecular formula is C20H22FNO2. The van der Waals surface area contributed by atoms with Crippen molar-refractivity contribution in [2.45, 2.75) is 25.7 Å². The van der Waals surface area contributed by atoms with E-state index >= 15 is 0 Å². The molecule has 126 valence electrons. The van der Waals surface area contributed by atoms with Crippen molar-refractivity contribution in [2.75, 3.05) is 6.61 Å². The number of aryl methyl sites for hydroxylation is 1. The highest BCUT2D eigenvalue weighted by atomic mass is 19.1. The zero-order valence-corrected chi connectivity index (χ0v) is 13.6. The standard InChI is InChI=1S/C20H22FNO2/c1-15(13-14-23)22-20(24)8-4-5-16-9-11-17(12-10-16)18-6-2-3-7-19(18)21/h2-3,6-7,9-12,23H,1,4-5,8,13-14H2,(H,22,24). The van der Waals surface area contributed by atoms with Gasteiger partial charge in [0.15, 0.2) is 0 Å². The molecule has 0 aliphatic rings. The Morgan fingerprint density at radius 3 is 2.46 bits per heavy atom. The maximum absolute atomic E-state index is 13.8. The van der Waals surface area contributed by atoms with Gasteiger partial charge >= 0.3 is 0 Å². The molecule has 0 aliphatic heterocycles. The summed E-state index contributed by atoms with van der Waals surface area (Å²) in [7, 11) is 0. The zero-order chi connectivity index (χ0) is 17.4. The van der Waals surface area contributed by atoms with Crippen LogP contribution in [-0.4, -0.2) is 17.6 Å². The summed E-state index contributed by atoms with van der Waals surface area (Å²) in [6.45, 7) is 3.65. The van der Waals surface area contributed by atoms with E-state index in [1.54, 1.807) is 12.1 Å². The van der Waals surface area contributed by atoms with E-state index in [0.29, 0.717) is 24.1 Å². The van der Waals surface area contributed by atoms with Gasteiger partial charge in [0.05, 0.1) is 0 Å². The second-order valence-electron chi connectivity index (χ2n) is 5.66. The van der Waals surface area contributed by atoms with Crippen LogP contribution in [-0.2, 0) is 11.2 Å². The molecule has 0 aliphatic carbocycles. The minimum Gasteiger partial charge on any atom is -0.396 e. The summed E-state index contributed by atoms with van der Waals surface area (Å²) in [5.41, 5.74) is 3.08. The first-order valence-electron chi connectivity index (χ1n) is 8.02. The van der Waals surface area contributed by atoms with Gasteiger partial charge in [-0.05, 0) is 30.0 Å². The molecule has 0 saturated heterocycles. The lowest BCUT2D eigenvalue weighted by Crippen LogP contribution is -2.22. The van der Waals surface area contributed by atoms with Crippen molar-refractivity contribution in [2.24, 2.45) is 0 Å². The number of carbonyl (C=O) groups is 1. The highest BCUT2D eigenvalue weighted by molar-refractivity contribution is 5.77. The van der Waals surface area contributed by atoms with Crippen molar-refractivity contribution in [1.29, 1.82) is 0 Å². The molecule has 4 heteroatoms. The molecular weight excluding hydrogens is 305 g/mol. The predicted octanol–water partition coefficient (Wildman–Crippen LogP) is 3.83. The Balaban J connectivity index is 1.83. The van der Waals surface area contributed by atoms with E-state index in [1.165, 1.54) is 6.07 Å². The Bertz CT molecular complexity index is 695. The third kappa shape index (κ3) is 5.32. The molecule has 2 aromatic rings. The molecule has 0 heterocycles. The number of aliphatic hydroxyl groups excluding tert-OH is 1. The summed E-state index contributed by atoms with van der Waals surface area (Å²) < 4.78 is 13.8. The van der Waals surface area contributed by atoms with Crippen molar-refractivity contribution in [1.82, 2.24) is 5.32 Å². The maximum atomic E-state index is 13.8. The highest BCUT2D eigenvalue weighted by Gasteiger charge is 2.05. The molecule has 2 aromatic carbocycles. The van der Waals surface area contributed by atoms with Gasteiger partial charge in [0.25, 0.3) is 0 Å². The summed E-state index contributed by atoms with van der Waals surface area (Å²) >= 11 is 0. The Kier molecular flexibility index (Phi) is 6.70. The molecule has 3 nitrogen and oxygen atoms in total. The van der Waals surface area contributed by atoms with E-state index < -0.39 is 0 Å². The molecule has 0 fully saturated rings. The Morgan fingerprint density at radius 1 is 1.08 bits per heavy atom. The third-order valence-corrected chi connectivity index (χ3v) is 3.74. The Hall–Kier alpha value is -2.46. The Morgan fingerprint density at radius 2 is 1.79 bits per heavy atom. The molecule has 0 saturated carbocycles. The van der Waals surface area contributed by atoms with E-state index in [9.17, 15) is 9.18 Å². The van der Waals surface area contributed by atoms with Gasteiger partial charge in [-0.3, -0.25) is 4.79 Å². The molecule has 0 unspecified atom stereocenters. The van der Waals surface area contributed by atoms with Gasteiger partial charge in [-0.1, -0.05) is 49.0 Å². The SMILES string of the molecule is C=C(CCO)NC(=O)CCCc1ccc(-c2ccccc2F)cc1. The highest BCUT2D eigenvalue weighted by Crippen LogP contribution is 2.23. The van der Waals surface area contributed by atoms with Gasteiger partial charge < -0.3 is 10.4 Å². The predicted molar refractivity (Wildman–Crippen MR) is 93.8 cm³/mol. The molecule has 2 N–H and O–H groups in total. The average Bonchev–Trinajstić information content (AvgIpc) is 2.56. The molecule has 0 aromatic heterocycles. The van der Waals surface area contributed by atoms with Crippen LogP contribution in [0.15, 0.2) is 60.8 Å². The van der Waals surface area contributed by atoms with Crippen molar-refractivity contribution in [3.63, 3.8) is 0 Å². The van der Waals surface area contributed by atoms with Gasteiger partial charge in [-0.15, -0.1) is 0 Å². The van der Waals surface area contributed by atoms with E-state index in [4.69, 9.17) is 5.11 Å². The van der Waals surface area contributed by atoms with Crippen molar-refractivity contribution in [3.05, 3.63) is 72.2 Å². The molecule has 0 spiro atoms. The van der Waals surface area contributed by atoms with E-state index in [0.717, 1.165) is 24.0 Å². The summed E-state index contributed by atoms with van der Waals surface area (Å²) in [5.74, 6) is -0.318. The number of hydrogen-bond acceptors (Lipinski definition) is 2. The monoisotopic (exact) mass is 327 g/mol. The Labute approximate surface area is 141 Å². The topological polar surface area (TPSA) is 49.3 Å². The largest absolute Gasteiger partial charge is 0.396 e. The fourth-order valence-corrected chi connectivity index (χ4v) is 2.46. The third-order valence-electron chi connectivity index (χ3n) is 3.74. The van der Waals surface area contributed by atoms with Crippen molar-refractivity contribution in [3.8, 4) is 11.1 Å². The number of nitrogens with one attached hydrogen (secondary N) is 1. The second kappa shape index (κ2) is 8.99. The lowest BCUT2D eigenvalue weighted by Gasteiger charge is -2.08. The van der Waals surface area contributed by atoms with Gasteiger partial charge in [-0.2, -0.15) is 0 Å². The lowest BCUT2D eigenvalue weighted by molar-refractivity contribution is -0.120. The first-order valence-corrected chi connectivity index (χ1v) is 8.02. The number of rotatable bonds is 8. The molecule has 24 heavy (non-hydrogen) atoms. The number of hydrogen-bond donors (Lipinski definition) is 2. The van der Waals surface area contributed by atoms with Gasteiger partial charge in [0.2, 0.25) is 5.91 Å². The van der Waals surface area contributed by atoms with Crippen molar-refractivity contribution >= 4 is 5.91 Å². The number of benzene rings is 2. The fraction of sp³-hybridized carbons (Fsp3) is 0.250. The normalized spacial score (nSPS) is 10.4. The van der Waals surface area contributed by atoms with Crippen LogP contribution in [0, 0.1) is 5.82 Å². The summed E-state index contributed by atoms with van der Waals surface area (Å²) in [6.07, 6.45) is 2.28. The molecule has 0 radical (unpaired) electrons. The van der Waals surface area contributed by atoms with Crippen LogP contribution in [0.3, 0.4) is 0 Å². The number of aliphatic hydroxyl groups is 1. The first-order chi connectivity index (χ1) is 11.6. The van der Waals surface area contributed by atoms with Crippen LogP contribution in [0.4, 0.5) is 4.39 Å². The first kappa shape index (κ1) is 17.9. The van der Waals surface area contributed by atoms with E-state index in [1.807, 2.05) is 30.3 Å². The summed E-state index contributed by atoms with van der Waals surface area (Å²) in [5, 5.41) is 11.4. The quantitative estimate of drug-likeness (QED) is 0.774. The maximum Gasteiger partial charge on any atom is 0.224 e. The van der Waals surface area contributed by atoms with Gasteiger partial charge in [0.1, 0.15) is 5.82 Å². The smallest absolute Gasteiger partial charge is 0.224 e. The minimum atomic E-state index is -0.231. The zero-order valence-electron chi connectivity index (χ0n) is 13.6. The van der Waals surface area contributed by atoms with Crippen LogP contribution in [0.25, 0.3) is 11.1 Å².